The van der Waals surface area contributed by atoms with Crippen molar-refractivity contribution >= 4 is 39.1 Å². The predicted molar refractivity (Wildman–Crippen MR) is 82.1 cm³/mol. The van der Waals surface area contributed by atoms with E-state index in [1.807, 2.05) is 18.2 Å². The number of nitrogens with one attached hydrogen (secondary N) is 1. The molecular weight excluding hydrogens is 344 g/mol. The SMILES string of the molecule is COCc1cccc(NC(=O)c2cc(Br)cnc2Cl)c1. The van der Waals surface area contributed by atoms with Gasteiger partial charge in [-0.3, -0.25) is 4.79 Å². The van der Waals surface area contributed by atoms with Crippen LogP contribution in [0.25, 0.3) is 0 Å². The highest BCUT2D eigenvalue weighted by atomic mass is 79.9. The molecule has 1 N–H and O–H groups in total. The molecule has 104 valence electrons. The van der Waals surface area contributed by atoms with Crippen LogP contribution < -0.4 is 5.32 Å². The monoisotopic (exact) mass is 354 g/mol. The van der Waals surface area contributed by atoms with Crippen molar-refractivity contribution in [2.24, 2.45) is 0 Å². The number of rotatable bonds is 4. The highest BCUT2D eigenvalue weighted by molar-refractivity contribution is 9.10. The van der Waals surface area contributed by atoms with Gasteiger partial charge in [-0.25, -0.2) is 4.98 Å². The van der Waals surface area contributed by atoms with Crippen molar-refractivity contribution in [3.63, 3.8) is 0 Å². The van der Waals surface area contributed by atoms with Gasteiger partial charge in [-0.2, -0.15) is 0 Å². The molecule has 0 aliphatic heterocycles. The standard InChI is InChI=1S/C14H12BrClN2O2/c1-20-8-9-3-2-4-11(5-9)18-14(19)12-6-10(15)7-17-13(12)16/h2-7H,8H2,1H3,(H,18,19). The van der Waals surface area contributed by atoms with E-state index in [2.05, 4.69) is 26.2 Å². The van der Waals surface area contributed by atoms with Crippen LogP contribution >= 0.6 is 27.5 Å². The fourth-order valence-electron chi connectivity index (χ4n) is 1.69. The molecule has 6 heteroatoms. The lowest BCUT2D eigenvalue weighted by molar-refractivity contribution is 0.102. The molecule has 1 heterocycles. The average molecular weight is 356 g/mol. The maximum Gasteiger partial charge on any atom is 0.258 e. The molecule has 1 aromatic carbocycles. The van der Waals surface area contributed by atoms with Gasteiger partial charge in [0, 0.05) is 23.5 Å². The van der Waals surface area contributed by atoms with Crippen LogP contribution in [-0.4, -0.2) is 18.0 Å². The fraction of sp³-hybridized carbons (Fsp3) is 0.143. The van der Waals surface area contributed by atoms with Crippen molar-refractivity contribution in [2.75, 3.05) is 12.4 Å². The van der Waals surface area contributed by atoms with E-state index in [0.717, 1.165) is 5.56 Å². The molecule has 0 spiro atoms. The van der Waals surface area contributed by atoms with Crippen LogP contribution in [0, 0.1) is 0 Å². The molecule has 1 amide bonds. The Morgan fingerprint density at radius 1 is 1.45 bits per heavy atom. The highest BCUT2D eigenvalue weighted by Crippen LogP contribution is 2.20. The summed E-state index contributed by atoms with van der Waals surface area (Å²) in [6.45, 7) is 0.489. The van der Waals surface area contributed by atoms with Crippen LogP contribution in [0.1, 0.15) is 15.9 Å². The summed E-state index contributed by atoms with van der Waals surface area (Å²) in [6, 6.07) is 9.05. The number of hydrogen-bond acceptors (Lipinski definition) is 3. The Labute approximate surface area is 130 Å². The molecule has 2 aromatic rings. The number of ether oxygens (including phenoxy) is 1. The molecule has 0 atom stereocenters. The Hall–Kier alpha value is -1.43. The van der Waals surface area contributed by atoms with Gasteiger partial charge in [0.15, 0.2) is 0 Å². The Bertz CT molecular complexity index is 634. The summed E-state index contributed by atoms with van der Waals surface area (Å²) in [4.78, 5) is 16.1. The molecule has 0 fully saturated rings. The first-order valence-corrected chi connectivity index (χ1v) is 6.97. The molecule has 1 aromatic heterocycles. The van der Waals surface area contributed by atoms with Crippen LogP contribution in [-0.2, 0) is 11.3 Å². The van der Waals surface area contributed by atoms with E-state index in [9.17, 15) is 4.79 Å². The van der Waals surface area contributed by atoms with E-state index in [0.29, 0.717) is 22.3 Å². The van der Waals surface area contributed by atoms with E-state index >= 15 is 0 Å². The van der Waals surface area contributed by atoms with Gasteiger partial charge in [-0.05, 0) is 39.7 Å². The van der Waals surface area contributed by atoms with E-state index in [4.69, 9.17) is 16.3 Å². The van der Waals surface area contributed by atoms with Gasteiger partial charge in [0.1, 0.15) is 5.15 Å². The molecule has 0 aliphatic rings. The van der Waals surface area contributed by atoms with Gasteiger partial charge >= 0.3 is 0 Å². The number of carbonyl (C=O) groups excluding carboxylic acids is 1. The number of methoxy groups -OCH3 is 1. The largest absolute Gasteiger partial charge is 0.380 e. The van der Waals surface area contributed by atoms with Crippen LogP contribution in [0.4, 0.5) is 5.69 Å². The molecule has 0 radical (unpaired) electrons. The summed E-state index contributed by atoms with van der Waals surface area (Å²) < 4.78 is 5.75. The second-order valence-corrected chi connectivity index (χ2v) is 5.35. The molecule has 20 heavy (non-hydrogen) atoms. The number of amides is 1. The van der Waals surface area contributed by atoms with Crippen LogP contribution in [0.3, 0.4) is 0 Å². The van der Waals surface area contributed by atoms with Crippen molar-refractivity contribution in [2.45, 2.75) is 6.61 Å². The molecule has 0 saturated heterocycles. The summed E-state index contributed by atoms with van der Waals surface area (Å²) in [5.41, 5.74) is 1.97. The quantitative estimate of drug-likeness (QED) is 0.846. The normalized spacial score (nSPS) is 10.3. The number of benzene rings is 1. The Kier molecular flexibility index (Phi) is 5.11. The smallest absolute Gasteiger partial charge is 0.258 e. The lowest BCUT2D eigenvalue weighted by atomic mass is 10.2. The maximum absolute atomic E-state index is 12.2. The first-order chi connectivity index (χ1) is 9.60. The summed E-state index contributed by atoms with van der Waals surface area (Å²) in [5, 5.41) is 2.95. The number of nitrogens with zero attached hydrogens (tertiary/aromatic N) is 1. The number of pyridine rings is 1. The molecular formula is C14H12BrClN2O2. The van der Waals surface area contributed by atoms with Gasteiger partial charge in [0.2, 0.25) is 0 Å². The van der Waals surface area contributed by atoms with Crippen molar-refractivity contribution in [1.82, 2.24) is 4.98 Å². The van der Waals surface area contributed by atoms with E-state index in [1.165, 1.54) is 0 Å². The number of aromatic nitrogens is 1. The lowest BCUT2D eigenvalue weighted by Crippen LogP contribution is -2.13. The zero-order chi connectivity index (χ0) is 14.5. The van der Waals surface area contributed by atoms with Gasteiger partial charge < -0.3 is 10.1 Å². The van der Waals surface area contributed by atoms with Crippen molar-refractivity contribution in [3.05, 3.63) is 57.3 Å². The Morgan fingerprint density at radius 3 is 3.00 bits per heavy atom. The summed E-state index contributed by atoms with van der Waals surface area (Å²) >= 11 is 9.19. The summed E-state index contributed by atoms with van der Waals surface area (Å²) in [6.07, 6.45) is 1.54. The minimum Gasteiger partial charge on any atom is -0.380 e. The second-order valence-electron chi connectivity index (χ2n) is 4.08. The molecule has 4 nitrogen and oxygen atoms in total. The predicted octanol–water partition coefficient (Wildman–Crippen LogP) is 3.90. The minimum atomic E-state index is -0.307. The van der Waals surface area contributed by atoms with E-state index in [1.54, 1.807) is 25.4 Å². The molecule has 2 rings (SSSR count). The highest BCUT2D eigenvalue weighted by Gasteiger charge is 2.12. The third kappa shape index (κ3) is 3.79. The minimum absolute atomic E-state index is 0.166. The summed E-state index contributed by atoms with van der Waals surface area (Å²) in [5.74, 6) is -0.307. The van der Waals surface area contributed by atoms with Crippen LogP contribution in [0.2, 0.25) is 5.15 Å². The Morgan fingerprint density at radius 2 is 2.25 bits per heavy atom. The zero-order valence-electron chi connectivity index (χ0n) is 10.7. The molecule has 0 bridgehead atoms. The van der Waals surface area contributed by atoms with Gasteiger partial charge in [0.05, 0.1) is 12.2 Å². The Balaban J connectivity index is 2.19. The van der Waals surface area contributed by atoms with E-state index in [-0.39, 0.29) is 11.1 Å². The van der Waals surface area contributed by atoms with Gasteiger partial charge in [0.25, 0.3) is 5.91 Å². The second kappa shape index (κ2) is 6.83. The van der Waals surface area contributed by atoms with E-state index < -0.39 is 0 Å². The number of hydrogen-bond donors (Lipinski definition) is 1. The van der Waals surface area contributed by atoms with Gasteiger partial charge in [-0.1, -0.05) is 23.7 Å². The summed E-state index contributed by atoms with van der Waals surface area (Å²) in [7, 11) is 1.62. The van der Waals surface area contributed by atoms with Crippen LogP contribution in [0.15, 0.2) is 41.0 Å². The molecule has 0 unspecified atom stereocenters. The van der Waals surface area contributed by atoms with Gasteiger partial charge in [-0.15, -0.1) is 0 Å². The zero-order valence-corrected chi connectivity index (χ0v) is 13.0. The van der Waals surface area contributed by atoms with Crippen molar-refractivity contribution in [1.29, 1.82) is 0 Å². The molecule has 0 aliphatic carbocycles. The first kappa shape index (κ1) is 15.0. The fourth-order valence-corrected chi connectivity index (χ4v) is 2.21. The van der Waals surface area contributed by atoms with Crippen molar-refractivity contribution in [3.8, 4) is 0 Å². The third-order valence-electron chi connectivity index (χ3n) is 2.55. The first-order valence-electron chi connectivity index (χ1n) is 5.80. The van der Waals surface area contributed by atoms with Crippen molar-refractivity contribution < 1.29 is 9.53 Å². The number of anilines is 1. The third-order valence-corrected chi connectivity index (χ3v) is 3.28. The number of halogens is 2. The lowest BCUT2D eigenvalue weighted by Gasteiger charge is -2.08. The number of carbonyl (C=O) groups is 1. The molecule has 0 saturated carbocycles. The maximum atomic E-state index is 12.2. The average Bonchev–Trinajstić information content (AvgIpc) is 2.42. The van der Waals surface area contributed by atoms with Crippen LogP contribution in [0.5, 0.6) is 0 Å². The topological polar surface area (TPSA) is 51.2 Å².